The molecule has 14 nitrogen and oxygen atoms in total. The zero-order chi connectivity index (χ0) is 39.3. The van der Waals surface area contributed by atoms with Crippen molar-refractivity contribution in [2.75, 3.05) is 26.7 Å². The number of aromatic nitrogens is 1. The molecule has 4 heterocycles. The minimum absolute atomic E-state index is 0.167. The van der Waals surface area contributed by atoms with Crippen molar-refractivity contribution in [3.8, 4) is 17.0 Å². The van der Waals surface area contributed by atoms with E-state index in [1.807, 2.05) is 41.8 Å². The highest BCUT2D eigenvalue weighted by molar-refractivity contribution is 7.91. The fraction of sp³-hybridized carbons (Fsp3) is 0.590. The van der Waals surface area contributed by atoms with Crippen LogP contribution in [0.15, 0.2) is 41.8 Å². The highest BCUT2D eigenvalue weighted by atomic mass is 32.2. The summed E-state index contributed by atoms with van der Waals surface area (Å²) >= 11 is 1.23. The smallest absolute Gasteiger partial charge is 0.282 e. The largest absolute Gasteiger partial charge is 0.497 e. The van der Waals surface area contributed by atoms with Crippen molar-refractivity contribution in [1.29, 1.82) is 0 Å². The zero-order valence-corrected chi connectivity index (χ0v) is 33.3. The molecule has 296 valence electrons. The summed E-state index contributed by atoms with van der Waals surface area (Å²) in [6, 6.07) is 5.43. The van der Waals surface area contributed by atoms with Crippen molar-refractivity contribution in [2.45, 2.75) is 95.0 Å². The van der Waals surface area contributed by atoms with Gasteiger partial charge in [0.05, 0.1) is 18.1 Å². The Bertz CT molecular complexity index is 1990. The number of rotatable bonds is 7. The van der Waals surface area contributed by atoms with Crippen molar-refractivity contribution < 1.29 is 37.1 Å². The van der Waals surface area contributed by atoms with Crippen LogP contribution in [0.3, 0.4) is 0 Å². The number of hydrogen-bond acceptors (Lipinski definition) is 10. The zero-order valence-electron chi connectivity index (χ0n) is 31.7. The van der Waals surface area contributed by atoms with Crippen LogP contribution >= 0.6 is 11.3 Å². The van der Waals surface area contributed by atoms with Gasteiger partial charge in [0.15, 0.2) is 5.01 Å². The number of carbonyl (C=O) groups is 5. The van der Waals surface area contributed by atoms with Gasteiger partial charge in [0.2, 0.25) is 27.7 Å². The number of benzene rings is 1. The monoisotopic (exact) mass is 794 g/mol. The Balaban J connectivity index is 1.17. The molecule has 2 aliphatic carbocycles. The molecule has 1 aromatic carbocycles. The van der Waals surface area contributed by atoms with E-state index in [4.69, 9.17) is 4.74 Å². The summed E-state index contributed by atoms with van der Waals surface area (Å²) in [6.45, 7) is 5.94. The molecule has 6 atom stereocenters. The molecule has 7 rings (SSSR count). The maximum Gasteiger partial charge on any atom is 0.282 e. The molecular formula is C39H50N6O8S2. The highest BCUT2D eigenvalue weighted by Crippen LogP contribution is 2.47. The van der Waals surface area contributed by atoms with Gasteiger partial charge in [-0.2, -0.15) is 0 Å². The molecule has 0 unspecified atom stereocenters. The van der Waals surface area contributed by atoms with Crippen LogP contribution in [0.4, 0.5) is 0 Å². The number of sulfonamides is 1. The molecule has 2 aromatic rings. The predicted octanol–water partition coefficient (Wildman–Crippen LogP) is 3.25. The van der Waals surface area contributed by atoms with Crippen LogP contribution in [0.25, 0.3) is 11.3 Å². The summed E-state index contributed by atoms with van der Waals surface area (Å²) in [5, 5.41) is 7.39. The van der Waals surface area contributed by atoms with Gasteiger partial charge in [-0.05, 0) is 62.8 Å². The molecular weight excluding hydrogens is 745 g/mol. The second-order valence-corrected chi connectivity index (χ2v) is 19.4. The first-order valence-corrected chi connectivity index (χ1v) is 21.6. The van der Waals surface area contributed by atoms with E-state index in [1.165, 1.54) is 16.2 Å². The van der Waals surface area contributed by atoms with Crippen LogP contribution in [-0.2, 0) is 29.2 Å². The summed E-state index contributed by atoms with van der Waals surface area (Å²) in [7, 11) is -2.31. The van der Waals surface area contributed by atoms with E-state index in [2.05, 4.69) is 20.3 Å². The van der Waals surface area contributed by atoms with Gasteiger partial charge in [-0.1, -0.05) is 45.8 Å². The number of carbonyl (C=O) groups excluding carboxylic acids is 5. The quantitative estimate of drug-likeness (QED) is 0.354. The molecule has 55 heavy (non-hydrogen) atoms. The second-order valence-electron chi connectivity index (χ2n) is 16.6. The maximum absolute atomic E-state index is 14.7. The molecule has 5 amide bonds. The fourth-order valence-electron chi connectivity index (χ4n) is 8.01. The molecule has 4 fully saturated rings. The first kappa shape index (κ1) is 38.9. The Kier molecular flexibility index (Phi) is 10.6. The Morgan fingerprint density at radius 1 is 1.02 bits per heavy atom. The third-order valence-corrected chi connectivity index (χ3v) is 14.2. The predicted molar refractivity (Wildman–Crippen MR) is 205 cm³/mol. The number of nitrogens with zero attached hydrogens (tertiary/aromatic N) is 3. The standard InChI is InChI=1S/C39H50N6O8S2/c1-38(2,3)36(49)41-29-11-9-7-5-6-8-10-25-18-39(25,37(50)43-55(51,52)27-16-17-27)42-32(46)31-28-21-44(19-24(28)20-45(31)34(29)47)35(48)33-40-30(22-54-33)23-12-14-26(53-4)15-13-23/h8,10,12-15,22,24-25,27-29,31H,5-7,9,11,16-21H2,1-4H3,(H,41,49)(H,42,46)(H,43,50)/b10-8-/t24-,25-,28-,29-,31-,39+/m0/s1. The summed E-state index contributed by atoms with van der Waals surface area (Å²) < 4.78 is 33.3. The van der Waals surface area contributed by atoms with Gasteiger partial charge in [-0.15, -0.1) is 11.3 Å². The van der Waals surface area contributed by atoms with Gasteiger partial charge in [0.25, 0.3) is 11.8 Å². The van der Waals surface area contributed by atoms with E-state index in [1.54, 1.807) is 32.8 Å². The Morgan fingerprint density at radius 2 is 1.76 bits per heavy atom. The van der Waals surface area contributed by atoms with Crippen molar-refractivity contribution in [3.63, 3.8) is 0 Å². The molecule has 3 aliphatic heterocycles. The Labute approximate surface area is 325 Å². The van der Waals surface area contributed by atoms with Crippen molar-refractivity contribution >= 4 is 50.9 Å². The fourth-order valence-corrected chi connectivity index (χ4v) is 10.2. The van der Waals surface area contributed by atoms with Crippen LogP contribution in [0.5, 0.6) is 5.75 Å². The van der Waals surface area contributed by atoms with Crippen LogP contribution in [0.2, 0.25) is 0 Å². The molecule has 1 aromatic heterocycles. The van der Waals surface area contributed by atoms with Crippen molar-refractivity contribution in [2.24, 2.45) is 23.2 Å². The van der Waals surface area contributed by atoms with E-state index in [-0.39, 0.29) is 49.7 Å². The van der Waals surface area contributed by atoms with Gasteiger partial charge >= 0.3 is 0 Å². The normalized spacial score (nSPS) is 29.1. The lowest BCUT2D eigenvalue weighted by Gasteiger charge is -2.33. The number of amides is 5. The van der Waals surface area contributed by atoms with Crippen molar-refractivity contribution in [3.05, 3.63) is 46.8 Å². The number of ether oxygens (including phenoxy) is 1. The highest BCUT2D eigenvalue weighted by Gasteiger charge is 2.63. The number of thiazole rings is 1. The van der Waals surface area contributed by atoms with E-state index in [0.717, 1.165) is 18.4 Å². The Hall–Kier alpha value is -4.31. The van der Waals surface area contributed by atoms with Crippen LogP contribution < -0.4 is 20.1 Å². The van der Waals surface area contributed by atoms with Gasteiger partial charge in [0.1, 0.15) is 23.4 Å². The van der Waals surface area contributed by atoms with Crippen LogP contribution in [0.1, 0.15) is 81.9 Å². The van der Waals surface area contributed by atoms with Crippen molar-refractivity contribution in [1.82, 2.24) is 30.1 Å². The molecule has 5 aliphatic rings. The van der Waals surface area contributed by atoms with Crippen LogP contribution in [0, 0.1) is 23.2 Å². The first-order chi connectivity index (χ1) is 26.1. The minimum Gasteiger partial charge on any atom is -0.497 e. The van der Waals surface area contributed by atoms with Gasteiger partial charge < -0.3 is 25.2 Å². The summed E-state index contributed by atoms with van der Waals surface area (Å²) in [5.74, 6) is -2.79. The molecule has 0 bridgehead atoms. The first-order valence-electron chi connectivity index (χ1n) is 19.2. The minimum atomic E-state index is -3.90. The second kappa shape index (κ2) is 15.0. The van der Waals surface area contributed by atoms with E-state index in [0.29, 0.717) is 48.6 Å². The van der Waals surface area contributed by atoms with Gasteiger partial charge in [-0.25, -0.2) is 13.4 Å². The molecule has 0 radical (unpaired) electrons. The number of methoxy groups -OCH3 is 1. The van der Waals surface area contributed by atoms with E-state index in [9.17, 15) is 32.4 Å². The molecule has 2 saturated heterocycles. The molecule has 0 spiro atoms. The van der Waals surface area contributed by atoms with E-state index < -0.39 is 62.0 Å². The maximum atomic E-state index is 14.7. The van der Waals surface area contributed by atoms with Gasteiger partial charge in [0, 0.05) is 53.7 Å². The SMILES string of the molecule is COc1ccc(-c2csc(C(=O)N3C[C@H]4CN5C(=O)[C@@H](NC(=O)C(C)(C)C)CCCCC/C=C\[C@H]6C[C@@]6(C(=O)NS(=O)(=O)C6CC6)NC(=O)[C@@H]5[C@H]4C3)n2)cc1. The number of hydrogen-bond donors (Lipinski definition) is 3. The molecule has 3 N–H and O–H groups in total. The third-order valence-electron chi connectivity index (χ3n) is 11.6. The lowest BCUT2D eigenvalue weighted by molar-refractivity contribution is -0.144. The average molecular weight is 795 g/mol. The number of nitrogens with one attached hydrogen (secondary N) is 3. The van der Waals surface area contributed by atoms with E-state index >= 15 is 0 Å². The van der Waals surface area contributed by atoms with Crippen LogP contribution in [-0.4, -0.2) is 102 Å². The lowest BCUT2D eigenvalue weighted by Crippen LogP contribution is -2.60. The number of fused-ring (bicyclic) bond motifs is 4. The molecule has 16 heteroatoms. The third kappa shape index (κ3) is 8.02. The Morgan fingerprint density at radius 3 is 2.45 bits per heavy atom. The summed E-state index contributed by atoms with van der Waals surface area (Å²) in [4.78, 5) is 78.0. The topological polar surface area (TPSA) is 184 Å². The number of likely N-dealkylation sites (tertiary alicyclic amines) is 1. The summed E-state index contributed by atoms with van der Waals surface area (Å²) in [5.41, 5.74) is -0.780. The summed E-state index contributed by atoms with van der Waals surface area (Å²) in [6.07, 6.45) is 8.39. The van der Waals surface area contributed by atoms with Gasteiger partial charge in [-0.3, -0.25) is 28.7 Å². The average Bonchev–Trinajstić information content (AvgIpc) is 3.97. The lowest BCUT2D eigenvalue weighted by atomic mass is 9.93. The molecule has 2 saturated carbocycles. The number of allylic oxidation sites excluding steroid dienone is 1.